The number of rotatable bonds is 6. The largest absolute Gasteiger partial charge is 0.354 e. The number of carbonyl (C=O) groups excluding carboxylic acids is 1. The number of methoxy groups -OCH3 is 2. The Kier molecular flexibility index (Phi) is 6.49. The first-order valence-corrected chi connectivity index (χ1v) is 4.86. The molecule has 0 aliphatic heterocycles. The van der Waals surface area contributed by atoms with Crippen LogP contribution in [0.3, 0.4) is 0 Å². The Morgan fingerprint density at radius 1 is 1.21 bits per heavy atom. The van der Waals surface area contributed by atoms with Crippen LogP contribution in [0.2, 0.25) is 0 Å². The minimum Gasteiger partial charge on any atom is -0.354 e. The molecule has 0 aliphatic rings. The van der Waals surface area contributed by atoms with E-state index < -0.39 is 0 Å². The molecule has 0 bridgehead atoms. The lowest BCUT2D eigenvalue weighted by molar-refractivity contribution is -0.131. The zero-order valence-electron chi connectivity index (χ0n) is 9.66. The fourth-order valence-corrected chi connectivity index (χ4v) is 0.911. The zero-order valence-corrected chi connectivity index (χ0v) is 9.66. The SMILES string of the molecule is COC(CNC(=O)C(C)C(C)C)OC. The summed E-state index contributed by atoms with van der Waals surface area (Å²) in [5.74, 6) is 0.405. The van der Waals surface area contributed by atoms with E-state index in [2.05, 4.69) is 5.32 Å². The van der Waals surface area contributed by atoms with Crippen molar-refractivity contribution in [3.05, 3.63) is 0 Å². The van der Waals surface area contributed by atoms with E-state index in [1.807, 2.05) is 20.8 Å². The van der Waals surface area contributed by atoms with Crippen molar-refractivity contribution in [1.29, 1.82) is 0 Å². The molecule has 0 heterocycles. The van der Waals surface area contributed by atoms with Crippen molar-refractivity contribution in [1.82, 2.24) is 5.32 Å². The normalized spacial score (nSPS) is 13.4. The Bertz CT molecular complexity index is 167. The molecule has 0 aromatic heterocycles. The van der Waals surface area contributed by atoms with E-state index in [0.29, 0.717) is 12.5 Å². The zero-order chi connectivity index (χ0) is 11.1. The van der Waals surface area contributed by atoms with Crippen molar-refractivity contribution >= 4 is 5.91 Å². The number of carbonyl (C=O) groups is 1. The van der Waals surface area contributed by atoms with Crippen LogP contribution in [-0.2, 0) is 14.3 Å². The first kappa shape index (κ1) is 13.4. The highest BCUT2D eigenvalue weighted by Gasteiger charge is 2.17. The van der Waals surface area contributed by atoms with Gasteiger partial charge in [-0.1, -0.05) is 20.8 Å². The molecule has 0 fully saturated rings. The summed E-state index contributed by atoms with van der Waals surface area (Å²) in [4.78, 5) is 11.5. The summed E-state index contributed by atoms with van der Waals surface area (Å²) in [6, 6.07) is 0. The summed E-state index contributed by atoms with van der Waals surface area (Å²) in [6.45, 7) is 6.35. The van der Waals surface area contributed by atoms with Gasteiger partial charge in [0.25, 0.3) is 0 Å². The number of nitrogens with one attached hydrogen (secondary N) is 1. The Morgan fingerprint density at radius 2 is 1.71 bits per heavy atom. The average Bonchev–Trinajstić information content (AvgIpc) is 2.17. The maximum absolute atomic E-state index is 11.5. The van der Waals surface area contributed by atoms with Crippen LogP contribution >= 0.6 is 0 Å². The fraction of sp³-hybridized carbons (Fsp3) is 0.900. The molecule has 84 valence electrons. The fourth-order valence-electron chi connectivity index (χ4n) is 0.911. The van der Waals surface area contributed by atoms with Gasteiger partial charge in [0.05, 0.1) is 6.54 Å². The van der Waals surface area contributed by atoms with Gasteiger partial charge in [0.15, 0.2) is 6.29 Å². The third-order valence-electron chi connectivity index (χ3n) is 2.38. The smallest absolute Gasteiger partial charge is 0.223 e. The third kappa shape index (κ3) is 4.58. The summed E-state index contributed by atoms with van der Waals surface area (Å²) < 4.78 is 9.91. The van der Waals surface area contributed by atoms with Gasteiger partial charge in [-0.3, -0.25) is 4.79 Å². The van der Waals surface area contributed by atoms with Crippen LogP contribution in [0.5, 0.6) is 0 Å². The van der Waals surface area contributed by atoms with Crippen molar-refractivity contribution in [2.75, 3.05) is 20.8 Å². The molecule has 0 rings (SSSR count). The molecule has 1 amide bonds. The predicted molar refractivity (Wildman–Crippen MR) is 54.8 cm³/mol. The van der Waals surface area contributed by atoms with Crippen LogP contribution in [0.15, 0.2) is 0 Å². The van der Waals surface area contributed by atoms with E-state index in [-0.39, 0.29) is 18.1 Å². The first-order valence-electron chi connectivity index (χ1n) is 4.86. The molecule has 1 atom stereocenters. The Labute approximate surface area is 86.0 Å². The molecule has 1 N–H and O–H groups in total. The van der Waals surface area contributed by atoms with E-state index in [1.54, 1.807) is 14.2 Å². The first-order chi connectivity index (χ1) is 6.52. The number of hydrogen-bond donors (Lipinski definition) is 1. The summed E-state index contributed by atoms with van der Waals surface area (Å²) in [6.07, 6.45) is -0.363. The van der Waals surface area contributed by atoms with Gasteiger partial charge in [-0.2, -0.15) is 0 Å². The maximum atomic E-state index is 11.5. The van der Waals surface area contributed by atoms with Crippen LogP contribution < -0.4 is 5.32 Å². The lowest BCUT2D eigenvalue weighted by atomic mass is 9.97. The van der Waals surface area contributed by atoms with E-state index in [4.69, 9.17) is 9.47 Å². The monoisotopic (exact) mass is 203 g/mol. The van der Waals surface area contributed by atoms with Crippen molar-refractivity contribution in [3.63, 3.8) is 0 Å². The molecule has 0 aliphatic carbocycles. The minimum absolute atomic E-state index is 0.0179. The molecule has 4 nitrogen and oxygen atoms in total. The van der Waals surface area contributed by atoms with Crippen LogP contribution in [0.4, 0.5) is 0 Å². The van der Waals surface area contributed by atoms with Gasteiger partial charge >= 0.3 is 0 Å². The summed E-state index contributed by atoms with van der Waals surface area (Å²) in [7, 11) is 3.10. The highest BCUT2D eigenvalue weighted by atomic mass is 16.7. The molecular weight excluding hydrogens is 182 g/mol. The lowest BCUT2D eigenvalue weighted by Gasteiger charge is -2.18. The van der Waals surface area contributed by atoms with Crippen molar-refractivity contribution in [2.24, 2.45) is 11.8 Å². The molecule has 1 unspecified atom stereocenters. The topological polar surface area (TPSA) is 47.6 Å². The van der Waals surface area contributed by atoms with Crippen molar-refractivity contribution in [3.8, 4) is 0 Å². The Balaban J connectivity index is 3.83. The molecule has 0 saturated carbocycles. The predicted octanol–water partition coefficient (Wildman–Crippen LogP) is 1.01. The minimum atomic E-state index is -0.363. The second kappa shape index (κ2) is 6.79. The number of hydrogen-bond acceptors (Lipinski definition) is 3. The summed E-state index contributed by atoms with van der Waals surface area (Å²) in [5, 5.41) is 2.78. The van der Waals surface area contributed by atoms with Crippen LogP contribution in [-0.4, -0.2) is 33.0 Å². The highest BCUT2D eigenvalue weighted by Crippen LogP contribution is 2.08. The Morgan fingerprint density at radius 3 is 2.07 bits per heavy atom. The molecule has 14 heavy (non-hydrogen) atoms. The van der Waals surface area contributed by atoms with Crippen molar-refractivity contribution in [2.45, 2.75) is 27.1 Å². The third-order valence-corrected chi connectivity index (χ3v) is 2.38. The average molecular weight is 203 g/mol. The van der Waals surface area contributed by atoms with E-state index in [0.717, 1.165) is 0 Å². The maximum Gasteiger partial charge on any atom is 0.223 e. The quantitative estimate of drug-likeness (QED) is 0.655. The standard InChI is InChI=1S/C10H21NO3/c1-7(2)8(3)10(12)11-6-9(13-4)14-5/h7-9H,6H2,1-5H3,(H,11,12). The van der Waals surface area contributed by atoms with E-state index >= 15 is 0 Å². The lowest BCUT2D eigenvalue weighted by Crippen LogP contribution is -2.38. The van der Waals surface area contributed by atoms with E-state index in [9.17, 15) is 4.79 Å². The summed E-state index contributed by atoms with van der Waals surface area (Å²) >= 11 is 0. The van der Waals surface area contributed by atoms with Crippen LogP contribution in [0.25, 0.3) is 0 Å². The molecule has 4 heteroatoms. The molecular formula is C10H21NO3. The van der Waals surface area contributed by atoms with Gasteiger partial charge < -0.3 is 14.8 Å². The highest BCUT2D eigenvalue weighted by molar-refractivity contribution is 5.78. The second-order valence-corrected chi connectivity index (χ2v) is 3.68. The molecule has 0 aromatic carbocycles. The van der Waals surface area contributed by atoms with E-state index in [1.165, 1.54) is 0 Å². The van der Waals surface area contributed by atoms with Crippen molar-refractivity contribution < 1.29 is 14.3 Å². The molecule has 0 radical (unpaired) electrons. The summed E-state index contributed by atoms with van der Waals surface area (Å²) in [5.41, 5.74) is 0. The number of ether oxygens (including phenoxy) is 2. The van der Waals surface area contributed by atoms with Crippen LogP contribution in [0.1, 0.15) is 20.8 Å². The number of amides is 1. The van der Waals surface area contributed by atoms with Gasteiger partial charge in [0.2, 0.25) is 5.91 Å². The Hall–Kier alpha value is -0.610. The molecule has 0 aromatic rings. The van der Waals surface area contributed by atoms with Gasteiger partial charge in [-0.05, 0) is 5.92 Å². The second-order valence-electron chi connectivity index (χ2n) is 3.68. The molecule has 0 spiro atoms. The van der Waals surface area contributed by atoms with Gasteiger partial charge in [-0.15, -0.1) is 0 Å². The van der Waals surface area contributed by atoms with Gasteiger partial charge in [-0.25, -0.2) is 0 Å². The van der Waals surface area contributed by atoms with Crippen LogP contribution in [0, 0.1) is 11.8 Å². The van der Waals surface area contributed by atoms with Gasteiger partial charge in [0, 0.05) is 20.1 Å². The molecule has 0 saturated heterocycles. The van der Waals surface area contributed by atoms with Gasteiger partial charge in [0.1, 0.15) is 0 Å².